The summed E-state index contributed by atoms with van der Waals surface area (Å²) >= 11 is 0. The molecule has 4 rings (SSSR count). The fourth-order valence-corrected chi connectivity index (χ4v) is 3.21. The lowest BCUT2D eigenvalue weighted by molar-refractivity contribution is -0.118. The number of H-pyrrole nitrogens is 1. The molecule has 0 radical (unpaired) electrons. The number of carbonyl (C=O) groups excluding carboxylic acids is 2. The minimum absolute atomic E-state index is 0.159. The lowest BCUT2D eigenvalue weighted by atomic mass is 10.1. The molecular weight excluding hydrogens is 383 g/mol. The molecule has 2 heterocycles. The van der Waals surface area contributed by atoms with Crippen molar-refractivity contribution in [1.82, 2.24) is 15.3 Å². The molecule has 0 saturated carbocycles. The highest BCUT2D eigenvalue weighted by Crippen LogP contribution is 2.23. The summed E-state index contributed by atoms with van der Waals surface area (Å²) in [6.07, 6.45) is 1.55. The highest BCUT2D eigenvalue weighted by molar-refractivity contribution is 6.03. The number of hydrogen-bond acceptors (Lipinski definition) is 3. The lowest BCUT2D eigenvalue weighted by Gasteiger charge is -2.17. The third kappa shape index (κ3) is 3.91. The van der Waals surface area contributed by atoms with Crippen molar-refractivity contribution in [2.75, 3.05) is 5.32 Å². The molecule has 3 N–H and O–H groups in total. The summed E-state index contributed by atoms with van der Waals surface area (Å²) in [6.45, 7) is 1.82. The minimum atomic E-state index is -1.03. The van der Waals surface area contributed by atoms with Crippen LogP contribution < -0.4 is 10.6 Å². The molecule has 2 aromatic carbocycles. The topological polar surface area (TPSA) is 86.9 Å². The Labute approximate surface area is 172 Å². The third-order valence-electron chi connectivity index (χ3n) is 4.76. The van der Waals surface area contributed by atoms with Gasteiger partial charge in [-0.05, 0) is 48.9 Å². The van der Waals surface area contributed by atoms with Gasteiger partial charge in [-0.15, -0.1) is 0 Å². The van der Waals surface area contributed by atoms with Crippen molar-refractivity contribution < 1.29 is 14.0 Å². The van der Waals surface area contributed by atoms with E-state index in [4.69, 9.17) is 0 Å². The number of rotatable bonds is 5. The highest BCUT2D eigenvalue weighted by atomic mass is 19.1. The molecule has 0 bridgehead atoms. The summed E-state index contributed by atoms with van der Waals surface area (Å²) in [6, 6.07) is 17.5. The number of anilines is 1. The highest BCUT2D eigenvalue weighted by Gasteiger charge is 2.25. The Balaban J connectivity index is 1.63. The second-order valence-electron chi connectivity index (χ2n) is 6.85. The van der Waals surface area contributed by atoms with E-state index in [1.54, 1.807) is 54.7 Å². The number of aromatic nitrogens is 2. The Morgan fingerprint density at radius 3 is 2.50 bits per heavy atom. The van der Waals surface area contributed by atoms with Gasteiger partial charge in [0, 0.05) is 17.3 Å². The van der Waals surface area contributed by atoms with Crippen LogP contribution in [0.4, 0.5) is 10.1 Å². The summed E-state index contributed by atoms with van der Waals surface area (Å²) in [7, 11) is 0. The van der Waals surface area contributed by atoms with Crippen LogP contribution in [0.15, 0.2) is 72.9 Å². The molecule has 0 spiro atoms. The van der Waals surface area contributed by atoms with Gasteiger partial charge in [-0.25, -0.2) is 4.39 Å². The van der Waals surface area contributed by atoms with Gasteiger partial charge < -0.3 is 15.6 Å². The summed E-state index contributed by atoms with van der Waals surface area (Å²) in [5.74, 6) is -1.40. The Hall–Kier alpha value is -4.00. The minimum Gasteiger partial charge on any atom is -0.350 e. The van der Waals surface area contributed by atoms with Gasteiger partial charge in [-0.1, -0.05) is 30.3 Å². The second kappa shape index (κ2) is 8.16. The van der Waals surface area contributed by atoms with Crippen molar-refractivity contribution in [2.45, 2.75) is 13.0 Å². The maximum Gasteiger partial charge on any atom is 0.268 e. The molecule has 150 valence electrons. The van der Waals surface area contributed by atoms with Crippen LogP contribution in [0.1, 0.15) is 27.8 Å². The molecule has 2 amide bonds. The lowest BCUT2D eigenvalue weighted by Crippen LogP contribution is -2.37. The van der Waals surface area contributed by atoms with Gasteiger partial charge in [0.1, 0.15) is 11.5 Å². The van der Waals surface area contributed by atoms with Gasteiger partial charge in [0.2, 0.25) is 0 Å². The van der Waals surface area contributed by atoms with Crippen LogP contribution in [0.25, 0.3) is 10.9 Å². The van der Waals surface area contributed by atoms with Gasteiger partial charge >= 0.3 is 0 Å². The Kier molecular flexibility index (Phi) is 5.26. The van der Waals surface area contributed by atoms with Crippen molar-refractivity contribution in [3.63, 3.8) is 0 Å². The van der Waals surface area contributed by atoms with Gasteiger partial charge in [-0.3, -0.25) is 14.6 Å². The van der Waals surface area contributed by atoms with Crippen LogP contribution in [0.5, 0.6) is 0 Å². The predicted octanol–water partition coefficient (Wildman–Crippen LogP) is 4.12. The van der Waals surface area contributed by atoms with Crippen molar-refractivity contribution >= 4 is 28.4 Å². The van der Waals surface area contributed by atoms with Crippen LogP contribution >= 0.6 is 0 Å². The molecule has 30 heavy (non-hydrogen) atoms. The molecule has 0 aliphatic carbocycles. The smallest absolute Gasteiger partial charge is 0.268 e. The van der Waals surface area contributed by atoms with E-state index in [0.717, 1.165) is 5.56 Å². The first-order valence-corrected chi connectivity index (χ1v) is 9.38. The van der Waals surface area contributed by atoms with Gasteiger partial charge in [0.15, 0.2) is 6.04 Å². The number of halogens is 1. The number of fused-ring (bicyclic) bond motifs is 1. The second-order valence-corrected chi connectivity index (χ2v) is 6.85. The maximum absolute atomic E-state index is 14.1. The number of nitrogens with zero attached hydrogens (tertiary/aromatic N) is 1. The first kappa shape index (κ1) is 19.3. The number of pyridine rings is 1. The van der Waals surface area contributed by atoms with Gasteiger partial charge in [0.25, 0.3) is 11.8 Å². The van der Waals surface area contributed by atoms with E-state index in [0.29, 0.717) is 22.3 Å². The largest absolute Gasteiger partial charge is 0.350 e. The third-order valence-corrected chi connectivity index (χ3v) is 4.76. The van der Waals surface area contributed by atoms with E-state index < -0.39 is 23.7 Å². The number of aromatic amines is 1. The normalized spacial score (nSPS) is 11.8. The van der Waals surface area contributed by atoms with E-state index in [-0.39, 0.29) is 5.69 Å². The number of hydrogen-bond donors (Lipinski definition) is 3. The molecule has 6 nitrogen and oxygen atoms in total. The fraction of sp³-hybridized carbons (Fsp3) is 0.0870. The fourth-order valence-electron chi connectivity index (χ4n) is 3.21. The summed E-state index contributed by atoms with van der Waals surface area (Å²) in [4.78, 5) is 33.0. The van der Waals surface area contributed by atoms with Gasteiger partial charge in [0.05, 0.1) is 11.2 Å². The number of amides is 2. The molecule has 0 aliphatic rings. The first-order chi connectivity index (χ1) is 14.5. The Morgan fingerprint density at radius 2 is 1.80 bits per heavy atom. The van der Waals surface area contributed by atoms with E-state index in [2.05, 4.69) is 20.6 Å². The van der Waals surface area contributed by atoms with E-state index in [1.165, 1.54) is 12.1 Å². The number of para-hydroxylation sites is 1. The van der Waals surface area contributed by atoms with Crippen LogP contribution in [0.3, 0.4) is 0 Å². The van der Waals surface area contributed by atoms with E-state index in [9.17, 15) is 14.0 Å². The van der Waals surface area contributed by atoms with Crippen molar-refractivity contribution in [3.8, 4) is 0 Å². The van der Waals surface area contributed by atoms with Crippen LogP contribution in [-0.4, -0.2) is 21.8 Å². The van der Waals surface area contributed by atoms with Crippen LogP contribution in [0, 0.1) is 12.7 Å². The van der Waals surface area contributed by atoms with Gasteiger partial charge in [-0.2, -0.15) is 0 Å². The monoisotopic (exact) mass is 402 g/mol. The Bertz CT molecular complexity index is 1170. The van der Waals surface area contributed by atoms with Crippen molar-refractivity contribution in [2.24, 2.45) is 0 Å². The molecule has 0 saturated heterocycles. The summed E-state index contributed by atoms with van der Waals surface area (Å²) < 4.78 is 14.1. The molecule has 7 heteroatoms. The van der Waals surface area contributed by atoms with E-state index in [1.807, 2.05) is 13.0 Å². The standard InChI is InChI=1S/C23H19FN4O2/c1-14-10-11-17(24)16-13-19(27-20(14)16)22(29)28-21(18-9-5-6-12-25-18)23(30)26-15-7-3-2-4-8-15/h2-13,21,27H,1H3,(H,26,30)(H,28,29). The SMILES string of the molecule is Cc1ccc(F)c2cc(C(=O)NC(C(=O)Nc3ccccc3)c3ccccn3)[nH]c12. The van der Waals surface area contributed by atoms with Crippen molar-refractivity contribution in [3.05, 3.63) is 95.7 Å². The van der Waals surface area contributed by atoms with E-state index >= 15 is 0 Å². The Morgan fingerprint density at radius 1 is 1.03 bits per heavy atom. The molecule has 4 aromatic rings. The number of nitrogens with one attached hydrogen (secondary N) is 3. The zero-order valence-electron chi connectivity index (χ0n) is 16.1. The molecule has 1 atom stereocenters. The molecule has 0 aliphatic heterocycles. The maximum atomic E-state index is 14.1. The van der Waals surface area contributed by atoms with Crippen LogP contribution in [-0.2, 0) is 4.79 Å². The molecule has 0 fully saturated rings. The average molecular weight is 402 g/mol. The average Bonchev–Trinajstić information content (AvgIpc) is 3.23. The molecular formula is C23H19FN4O2. The summed E-state index contributed by atoms with van der Waals surface area (Å²) in [5.41, 5.74) is 2.50. The quantitative estimate of drug-likeness (QED) is 0.469. The van der Waals surface area contributed by atoms with Crippen LogP contribution in [0.2, 0.25) is 0 Å². The predicted molar refractivity (Wildman–Crippen MR) is 113 cm³/mol. The zero-order valence-corrected chi connectivity index (χ0v) is 16.1. The molecule has 2 aromatic heterocycles. The van der Waals surface area contributed by atoms with Crippen molar-refractivity contribution in [1.29, 1.82) is 0 Å². The number of aryl methyl sites for hydroxylation is 1. The number of carbonyl (C=O) groups is 2. The zero-order chi connectivity index (χ0) is 21.1. The first-order valence-electron chi connectivity index (χ1n) is 9.38. The molecule has 1 unspecified atom stereocenters. The number of benzene rings is 2. The summed E-state index contributed by atoms with van der Waals surface area (Å²) in [5, 5.41) is 5.80.